The van der Waals surface area contributed by atoms with Crippen LogP contribution in [0.4, 0.5) is 0 Å². The summed E-state index contributed by atoms with van der Waals surface area (Å²) in [5.41, 5.74) is 1.33. The van der Waals surface area contributed by atoms with E-state index in [1.165, 1.54) is 0 Å². The highest BCUT2D eigenvalue weighted by Gasteiger charge is 2.52. The molecule has 142 valence electrons. The zero-order chi connectivity index (χ0) is 19.3. The molecule has 1 atom stereocenters. The lowest BCUT2D eigenvalue weighted by molar-refractivity contribution is -0.151. The molecule has 0 aromatic heterocycles. The average Bonchev–Trinajstić information content (AvgIpc) is 3.49. The zero-order valence-electron chi connectivity index (χ0n) is 15.4. The number of ether oxygens (including phenoxy) is 1. The number of amides is 1. The quantitative estimate of drug-likeness (QED) is 0.677. The van der Waals surface area contributed by atoms with Crippen LogP contribution < -0.4 is 5.32 Å². The van der Waals surface area contributed by atoms with Crippen molar-refractivity contribution < 1.29 is 14.3 Å². The third kappa shape index (κ3) is 4.69. The molecule has 0 radical (unpaired) electrons. The van der Waals surface area contributed by atoms with Crippen molar-refractivity contribution in [2.24, 2.45) is 0 Å². The SMILES string of the molecule is CCC[C@@H](NC(=O)COC(=O)C1(c2ccc(Cl)cc2)CC1)c1ccccc1. The van der Waals surface area contributed by atoms with E-state index >= 15 is 0 Å². The van der Waals surface area contributed by atoms with Crippen LogP contribution in [-0.2, 0) is 19.7 Å². The van der Waals surface area contributed by atoms with E-state index in [-0.39, 0.29) is 24.5 Å². The van der Waals surface area contributed by atoms with Crippen molar-refractivity contribution in [3.63, 3.8) is 0 Å². The van der Waals surface area contributed by atoms with Gasteiger partial charge >= 0.3 is 5.97 Å². The smallest absolute Gasteiger partial charge is 0.317 e. The van der Waals surface area contributed by atoms with E-state index < -0.39 is 5.41 Å². The van der Waals surface area contributed by atoms with E-state index in [1.807, 2.05) is 42.5 Å². The van der Waals surface area contributed by atoms with Crippen molar-refractivity contribution in [1.29, 1.82) is 0 Å². The number of rotatable bonds is 8. The Morgan fingerprint density at radius 2 is 1.78 bits per heavy atom. The molecule has 2 aromatic carbocycles. The Labute approximate surface area is 164 Å². The van der Waals surface area contributed by atoms with Gasteiger partial charge in [-0.25, -0.2) is 0 Å². The van der Waals surface area contributed by atoms with Gasteiger partial charge in [0.25, 0.3) is 5.91 Å². The van der Waals surface area contributed by atoms with E-state index in [4.69, 9.17) is 16.3 Å². The predicted molar refractivity (Wildman–Crippen MR) is 106 cm³/mol. The first-order valence-electron chi connectivity index (χ1n) is 9.33. The highest BCUT2D eigenvalue weighted by Crippen LogP contribution is 2.49. The molecule has 1 N–H and O–H groups in total. The third-order valence-electron chi connectivity index (χ3n) is 4.99. The number of benzene rings is 2. The molecule has 27 heavy (non-hydrogen) atoms. The summed E-state index contributed by atoms with van der Waals surface area (Å²) in [5, 5.41) is 3.60. The minimum Gasteiger partial charge on any atom is -0.455 e. The standard InChI is InChI=1S/C22H24ClNO3/c1-2-6-19(16-7-4-3-5-8-16)24-20(25)15-27-21(26)22(13-14-22)17-9-11-18(23)12-10-17/h3-5,7-12,19H,2,6,13-15H2,1H3,(H,24,25)/t19-/m1/s1. The molecule has 0 heterocycles. The van der Waals surface area contributed by atoms with Gasteiger partial charge in [-0.15, -0.1) is 0 Å². The summed E-state index contributed by atoms with van der Waals surface area (Å²) in [5.74, 6) is -0.621. The lowest BCUT2D eigenvalue weighted by Gasteiger charge is -2.19. The fraction of sp³-hybridized carbons (Fsp3) is 0.364. The van der Waals surface area contributed by atoms with Gasteiger partial charge in [0.2, 0.25) is 0 Å². The summed E-state index contributed by atoms with van der Waals surface area (Å²) in [7, 11) is 0. The first kappa shape index (κ1) is 19.4. The molecule has 0 bridgehead atoms. The van der Waals surface area contributed by atoms with E-state index in [0.717, 1.165) is 36.8 Å². The first-order chi connectivity index (χ1) is 13.0. The Morgan fingerprint density at radius 3 is 2.37 bits per heavy atom. The number of hydrogen-bond donors (Lipinski definition) is 1. The molecule has 1 aliphatic rings. The lowest BCUT2D eigenvalue weighted by Crippen LogP contribution is -2.34. The maximum absolute atomic E-state index is 12.6. The number of halogens is 1. The van der Waals surface area contributed by atoms with E-state index in [1.54, 1.807) is 12.1 Å². The molecule has 1 amide bonds. The Bertz CT molecular complexity index is 785. The number of esters is 1. The molecular formula is C22H24ClNO3. The maximum Gasteiger partial charge on any atom is 0.317 e. The van der Waals surface area contributed by atoms with Gasteiger partial charge in [-0.1, -0.05) is 67.4 Å². The topological polar surface area (TPSA) is 55.4 Å². The molecule has 0 aliphatic heterocycles. The summed E-state index contributed by atoms with van der Waals surface area (Å²) in [6.45, 7) is 1.81. The molecule has 5 heteroatoms. The molecule has 3 rings (SSSR count). The van der Waals surface area contributed by atoms with E-state index in [2.05, 4.69) is 12.2 Å². The van der Waals surface area contributed by atoms with E-state index in [9.17, 15) is 9.59 Å². The van der Waals surface area contributed by atoms with Crippen molar-refractivity contribution in [2.45, 2.75) is 44.1 Å². The Kier molecular flexibility index (Phi) is 6.17. The van der Waals surface area contributed by atoms with Crippen molar-refractivity contribution >= 4 is 23.5 Å². The molecular weight excluding hydrogens is 362 g/mol. The van der Waals surface area contributed by atoms with Gasteiger partial charge in [0.05, 0.1) is 11.5 Å². The summed E-state index contributed by atoms with van der Waals surface area (Å²) in [6.07, 6.45) is 3.24. The monoisotopic (exact) mass is 385 g/mol. The van der Waals surface area contributed by atoms with Crippen LogP contribution >= 0.6 is 11.6 Å². The molecule has 1 saturated carbocycles. The summed E-state index contributed by atoms with van der Waals surface area (Å²) in [6, 6.07) is 17.0. The molecule has 0 saturated heterocycles. The third-order valence-corrected chi connectivity index (χ3v) is 5.24. The van der Waals surface area contributed by atoms with Crippen molar-refractivity contribution in [1.82, 2.24) is 5.32 Å². The van der Waals surface area contributed by atoms with Gasteiger partial charge in [0, 0.05) is 5.02 Å². The van der Waals surface area contributed by atoms with Crippen molar-refractivity contribution in [3.8, 4) is 0 Å². The van der Waals surface area contributed by atoms with Crippen LogP contribution in [0.25, 0.3) is 0 Å². The van der Waals surface area contributed by atoms with Gasteiger partial charge in [-0.3, -0.25) is 9.59 Å². The van der Waals surface area contributed by atoms with Gasteiger partial charge in [-0.05, 0) is 42.5 Å². The minimum atomic E-state index is -0.618. The number of carbonyl (C=O) groups is 2. The average molecular weight is 386 g/mol. The number of carbonyl (C=O) groups excluding carboxylic acids is 2. The second-order valence-electron chi connectivity index (χ2n) is 6.98. The molecule has 4 nitrogen and oxygen atoms in total. The lowest BCUT2D eigenvalue weighted by atomic mass is 9.96. The van der Waals surface area contributed by atoms with Crippen molar-refractivity contribution in [2.75, 3.05) is 6.61 Å². The van der Waals surface area contributed by atoms with Crippen LogP contribution in [0.3, 0.4) is 0 Å². The molecule has 1 fully saturated rings. The summed E-state index contributed by atoms with van der Waals surface area (Å²) < 4.78 is 5.35. The maximum atomic E-state index is 12.6. The summed E-state index contributed by atoms with van der Waals surface area (Å²) >= 11 is 5.92. The fourth-order valence-electron chi connectivity index (χ4n) is 3.31. The largest absolute Gasteiger partial charge is 0.455 e. The van der Waals surface area contributed by atoms with Crippen LogP contribution in [0, 0.1) is 0 Å². The fourth-order valence-corrected chi connectivity index (χ4v) is 3.43. The summed E-state index contributed by atoms with van der Waals surface area (Å²) in [4.78, 5) is 24.9. The van der Waals surface area contributed by atoms with Crippen LogP contribution in [-0.4, -0.2) is 18.5 Å². The van der Waals surface area contributed by atoms with Gasteiger partial charge in [0.15, 0.2) is 6.61 Å². The molecule has 0 spiro atoms. The first-order valence-corrected chi connectivity index (χ1v) is 9.70. The van der Waals surface area contributed by atoms with Crippen molar-refractivity contribution in [3.05, 3.63) is 70.7 Å². The van der Waals surface area contributed by atoms with Gasteiger partial charge in [0.1, 0.15) is 0 Å². The van der Waals surface area contributed by atoms with Gasteiger partial charge in [-0.2, -0.15) is 0 Å². The number of hydrogen-bond acceptors (Lipinski definition) is 3. The minimum absolute atomic E-state index is 0.0754. The normalized spacial score (nSPS) is 15.6. The van der Waals surface area contributed by atoms with Crippen LogP contribution in [0.15, 0.2) is 54.6 Å². The van der Waals surface area contributed by atoms with Crippen LogP contribution in [0.5, 0.6) is 0 Å². The molecule has 0 unspecified atom stereocenters. The van der Waals surface area contributed by atoms with Gasteiger partial charge < -0.3 is 10.1 Å². The second kappa shape index (κ2) is 8.57. The van der Waals surface area contributed by atoms with E-state index in [0.29, 0.717) is 5.02 Å². The molecule has 1 aliphatic carbocycles. The predicted octanol–water partition coefficient (Wildman–Crippen LogP) is 4.57. The zero-order valence-corrected chi connectivity index (χ0v) is 16.2. The Balaban J connectivity index is 1.56. The highest BCUT2D eigenvalue weighted by atomic mass is 35.5. The second-order valence-corrected chi connectivity index (χ2v) is 7.42. The van der Waals surface area contributed by atoms with Crippen LogP contribution in [0.2, 0.25) is 5.02 Å². The Morgan fingerprint density at radius 1 is 1.11 bits per heavy atom. The number of nitrogens with one attached hydrogen (secondary N) is 1. The molecule has 2 aromatic rings. The highest BCUT2D eigenvalue weighted by molar-refractivity contribution is 6.30. The Hall–Kier alpha value is -2.33. The van der Waals surface area contributed by atoms with Crippen LogP contribution in [0.1, 0.15) is 49.8 Å².